The molecule has 0 aliphatic carbocycles. The third kappa shape index (κ3) is 2.54. The van der Waals surface area contributed by atoms with E-state index < -0.39 is 11.8 Å². The first-order valence-electron chi connectivity index (χ1n) is 6.84. The highest BCUT2D eigenvalue weighted by atomic mass is 16.1. The summed E-state index contributed by atoms with van der Waals surface area (Å²) in [7, 11) is 0. The van der Waals surface area contributed by atoms with Crippen LogP contribution in [-0.4, -0.2) is 25.4 Å². The lowest BCUT2D eigenvalue weighted by atomic mass is 10.0. The predicted molar refractivity (Wildman–Crippen MR) is 75.3 cm³/mol. The normalized spacial score (nSPS) is 17.8. The number of carbonyl (C=O) groups is 1. The van der Waals surface area contributed by atoms with Crippen LogP contribution in [0.3, 0.4) is 0 Å². The maximum Gasteiger partial charge on any atom is 0.254 e. The molecular weight excluding hydrogens is 270 g/mol. The molecule has 0 spiro atoms. The van der Waals surface area contributed by atoms with Gasteiger partial charge >= 0.3 is 0 Å². The van der Waals surface area contributed by atoms with Crippen LogP contribution in [0, 0.1) is 0 Å². The smallest absolute Gasteiger partial charge is 0.254 e. The van der Waals surface area contributed by atoms with Gasteiger partial charge in [0, 0.05) is 18.8 Å². The second-order valence-electron chi connectivity index (χ2n) is 5.03. The number of hydrogen-bond acceptors (Lipinski definition) is 5. The van der Waals surface area contributed by atoms with Crippen LogP contribution in [0.4, 0.5) is 0 Å². The summed E-state index contributed by atoms with van der Waals surface area (Å²) in [5.74, 6) is -0.527. The molecule has 3 heterocycles. The van der Waals surface area contributed by atoms with Crippen LogP contribution in [0.15, 0.2) is 29.5 Å². The van der Waals surface area contributed by atoms with E-state index in [1.54, 1.807) is 16.8 Å². The molecule has 3 rings (SSSR count). The molecule has 7 nitrogen and oxygen atoms in total. The lowest BCUT2D eigenvalue weighted by molar-refractivity contribution is -0.119. The van der Waals surface area contributed by atoms with Gasteiger partial charge in [-0.25, -0.2) is 15.0 Å². The minimum absolute atomic E-state index is 0.179. The number of fused-ring (bicyclic) bond motifs is 1. The van der Waals surface area contributed by atoms with E-state index in [9.17, 15) is 9.59 Å². The first-order chi connectivity index (χ1) is 10.2. The van der Waals surface area contributed by atoms with Crippen LogP contribution in [0.5, 0.6) is 0 Å². The Morgan fingerprint density at radius 1 is 1.33 bits per heavy atom. The molecule has 7 heteroatoms. The largest absolute Gasteiger partial charge is 0.369 e. The van der Waals surface area contributed by atoms with Crippen molar-refractivity contribution in [2.75, 3.05) is 0 Å². The van der Waals surface area contributed by atoms with Crippen molar-refractivity contribution in [1.82, 2.24) is 19.5 Å². The van der Waals surface area contributed by atoms with E-state index in [-0.39, 0.29) is 5.56 Å². The number of carbonyl (C=O) groups excluding carboxylic acids is 1. The lowest BCUT2D eigenvalue weighted by Gasteiger charge is -2.15. The Balaban J connectivity index is 2.18. The summed E-state index contributed by atoms with van der Waals surface area (Å²) in [6.07, 6.45) is 5.28. The van der Waals surface area contributed by atoms with Crippen molar-refractivity contribution in [3.63, 3.8) is 0 Å². The van der Waals surface area contributed by atoms with Crippen molar-refractivity contribution < 1.29 is 4.79 Å². The van der Waals surface area contributed by atoms with Crippen molar-refractivity contribution in [3.05, 3.63) is 40.8 Å². The summed E-state index contributed by atoms with van der Waals surface area (Å²) in [6, 6.07) is 3.12. The molecule has 0 radical (unpaired) electrons. The minimum atomic E-state index is -0.526. The third-order valence-corrected chi connectivity index (χ3v) is 3.66. The maximum absolute atomic E-state index is 12.3. The van der Waals surface area contributed by atoms with Gasteiger partial charge in [0.2, 0.25) is 5.91 Å². The Labute approximate surface area is 120 Å². The van der Waals surface area contributed by atoms with Gasteiger partial charge in [-0.3, -0.25) is 14.2 Å². The fourth-order valence-corrected chi connectivity index (χ4v) is 2.60. The number of nitrogens with two attached hydrogens (primary N) is 1. The Morgan fingerprint density at radius 2 is 2.19 bits per heavy atom. The first-order valence-corrected chi connectivity index (χ1v) is 6.84. The summed E-state index contributed by atoms with van der Waals surface area (Å²) in [6.45, 7) is 0.564. The molecule has 0 bridgehead atoms. The van der Waals surface area contributed by atoms with Gasteiger partial charge in [0.1, 0.15) is 12.2 Å². The Bertz CT molecular complexity index is 726. The van der Waals surface area contributed by atoms with E-state index in [0.29, 0.717) is 30.2 Å². The van der Waals surface area contributed by atoms with E-state index in [0.717, 1.165) is 12.8 Å². The second-order valence-corrected chi connectivity index (χ2v) is 5.03. The van der Waals surface area contributed by atoms with Crippen molar-refractivity contribution >= 4 is 5.91 Å². The summed E-state index contributed by atoms with van der Waals surface area (Å²) >= 11 is 0. The number of hydrogen-bond donors (Lipinski definition) is 1. The standard InChI is InChI=1S/C14H15N5O2/c15-13(21)9-3-1-2-6-19-12(20)7-11(18-14(9)19)10-4-5-16-8-17-10/h4-5,7-9H,1-3,6H2,(H2,15,21). The molecule has 0 aromatic carbocycles. The van der Waals surface area contributed by atoms with Crippen LogP contribution >= 0.6 is 0 Å². The Morgan fingerprint density at radius 3 is 2.90 bits per heavy atom. The number of amides is 1. The zero-order valence-electron chi connectivity index (χ0n) is 11.4. The average Bonchev–Trinajstić information content (AvgIpc) is 2.71. The summed E-state index contributed by atoms with van der Waals surface area (Å²) in [4.78, 5) is 36.4. The van der Waals surface area contributed by atoms with Gasteiger partial charge in [-0.2, -0.15) is 0 Å². The highest BCUT2D eigenvalue weighted by Gasteiger charge is 2.26. The topological polar surface area (TPSA) is 104 Å². The quantitative estimate of drug-likeness (QED) is 0.862. The third-order valence-electron chi connectivity index (χ3n) is 3.66. The van der Waals surface area contributed by atoms with E-state index in [1.165, 1.54) is 12.4 Å². The van der Waals surface area contributed by atoms with Crippen LogP contribution in [0.1, 0.15) is 31.0 Å². The summed E-state index contributed by atoms with van der Waals surface area (Å²) in [5.41, 5.74) is 6.29. The molecule has 0 saturated carbocycles. The monoisotopic (exact) mass is 285 g/mol. The highest BCUT2D eigenvalue weighted by molar-refractivity contribution is 5.81. The lowest BCUT2D eigenvalue weighted by Crippen LogP contribution is -2.30. The number of aromatic nitrogens is 4. The van der Waals surface area contributed by atoms with Gasteiger partial charge in [-0.1, -0.05) is 6.42 Å². The average molecular weight is 285 g/mol. The molecule has 1 unspecified atom stereocenters. The van der Waals surface area contributed by atoms with Gasteiger partial charge < -0.3 is 5.73 Å². The van der Waals surface area contributed by atoms with Crippen LogP contribution in [0.2, 0.25) is 0 Å². The molecule has 1 aliphatic heterocycles. The number of primary amides is 1. The first kappa shape index (κ1) is 13.4. The molecule has 108 valence electrons. The van der Waals surface area contributed by atoms with E-state index >= 15 is 0 Å². The van der Waals surface area contributed by atoms with Gasteiger partial charge in [0.25, 0.3) is 5.56 Å². The molecule has 2 aromatic heterocycles. The fraction of sp³-hybridized carbons (Fsp3) is 0.357. The summed E-state index contributed by atoms with van der Waals surface area (Å²) in [5, 5.41) is 0. The molecule has 0 saturated heterocycles. The highest BCUT2D eigenvalue weighted by Crippen LogP contribution is 2.25. The van der Waals surface area contributed by atoms with Gasteiger partial charge in [0.15, 0.2) is 0 Å². The van der Waals surface area contributed by atoms with E-state index in [4.69, 9.17) is 5.73 Å². The molecule has 2 N–H and O–H groups in total. The van der Waals surface area contributed by atoms with E-state index in [1.807, 2.05) is 0 Å². The number of nitrogens with zero attached hydrogens (tertiary/aromatic N) is 4. The molecule has 21 heavy (non-hydrogen) atoms. The molecule has 1 aliphatic rings. The van der Waals surface area contributed by atoms with Gasteiger partial charge in [0.05, 0.1) is 17.3 Å². The molecule has 0 fully saturated rings. The minimum Gasteiger partial charge on any atom is -0.369 e. The molecular formula is C14H15N5O2. The van der Waals surface area contributed by atoms with Gasteiger partial charge in [-0.05, 0) is 18.9 Å². The fourth-order valence-electron chi connectivity index (χ4n) is 2.60. The zero-order valence-corrected chi connectivity index (χ0v) is 11.4. The maximum atomic E-state index is 12.3. The molecule has 1 amide bonds. The summed E-state index contributed by atoms with van der Waals surface area (Å²) < 4.78 is 1.55. The number of rotatable bonds is 2. The molecule has 1 atom stereocenters. The second kappa shape index (κ2) is 5.43. The van der Waals surface area contributed by atoms with E-state index in [2.05, 4.69) is 15.0 Å². The Hall–Kier alpha value is -2.57. The van der Waals surface area contributed by atoms with Crippen LogP contribution in [0.25, 0.3) is 11.4 Å². The van der Waals surface area contributed by atoms with Crippen molar-refractivity contribution in [3.8, 4) is 11.4 Å². The SMILES string of the molecule is NC(=O)C1CCCCn2c1nc(-c1ccncn1)cc2=O. The van der Waals surface area contributed by atoms with Crippen LogP contribution in [-0.2, 0) is 11.3 Å². The van der Waals surface area contributed by atoms with Crippen LogP contribution < -0.4 is 11.3 Å². The zero-order chi connectivity index (χ0) is 14.8. The van der Waals surface area contributed by atoms with Crippen molar-refractivity contribution in [1.29, 1.82) is 0 Å². The van der Waals surface area contributed by atoms with Crippen molar-refractivity contribution in [2.45, 2.75) is 31.7 Å². The van der Waals surface area contributed by atoms with Crippen molar-refractivity contribution in [2.24, 2.45) is 5.73 Å². The predicted octanol–water partition coefficient (Wildman–Crippen LogP) is 0.453. The molecule has 2 aromatic rings. The van der Waals surface area contributed by atoms with Gasteiger partial charge in [-0.15, -0.1) is 0 Å². The Kier molecular flexibility index (Phi) is 3.47.